The number of anilines is 1. The van der Waals surface area contributed by atoms with Gasteiger partial charge < -0.3 is 5.32 Å². The number of sulfone groups is 1. The standard InChI is InChI=1S/C12H17F3N2O2S/c1-9(4-3-7-12(13,14)15)17-10-5-6-11(16-8-10)20(2,18)19/h5-6,8-9,17H,3-4,7H2,1-2H3. The van der Waals surface area contributed by atoms with Gasteiger partial charge in [0.1, 0.15) is 0 Å². The summed E-state index contributed by atoms with van der Waals surface area (Å²) in [7, 11) is -3.34. The van der Waals surface area contributed by atoms with Crippen LogP contribution in [-0.2, 0) is 9.84 Å². The van der Waals surface area contributed by atoms with Crippen LogP contribution in [0.4, 0.5) is 18.9 Å². The van der Waals surface area contributed by atoms with E-state index < -0.39 is 22.4 Å². The number of hydrogen-bond donors (Lipinski definition) is 1. The predicted molar refractivity (Wildman–Crippen MR) is 70.3 cm³/mol. The Bertz CT molecular complexity index is 527. The van der Waals surface area contributed by atoms with Crippen molar-refractivity contribution in [2.24, 2.45) is 0 Å². The van der Waals surface area contributed by atoms with E-state index in [1.165, 1.54) is 12.3 Å². The molecule has 0 aliphatic heterocycles. The highest BCUT2D eigenvalue weighted by molar-refractivity contribution is 7.90. The van der Waals surface area contributed by atoms with E-state index in [9.17, 15) is 21.6 Å². The van der Waals surface area contributed by atoms with Gasteiger partial charge in [-0.1, -0.05) is 0 Å². The van der Waals surface area contributed by atoms with Gasteiger partial charge in [-0.3, -0.25) is 0 Å². The van der Waals surface area contributed by atoms with Crippen LogP contribution in [0, 0.1) is 0 Å². The van der Waals surface area contributed by atoms with E-state index in [1.807, 2.05) is 0 Å². The number of nitrogens with zero attached hydrogens (tertiary/aromatic N) is 1. The van der Waals surface area contributed by atoms with E-state index in [0.717, 1.165) is 6.26 Å². The Kier molecular flexibility index (Phi) is 5.38. The second-order valence-electron chi connectivity index (χ2n) is 4.71. The maximum Gasteiger partial charge on any atom is 0.389 e. The van der Waals surface area contributed by atoms with Gasteiger partial charge in [0.25, 0.3) is 0 Å². The first kappa shape index (κ1) is 16.7. The Morgan fingerprint density at radius 1 is 1.35 bits per heavy atom. The van der Waals surface area contributed by atoms with Gasteiger partial charge in [0.2, 0.25) is 0 Å². The molecule has 1 N–H and O–H groups in total. The molecule has 0 saturated heterocycles. The lowest BCUT2D eigenvalue weighted by Crippen LogP contribution is -2.17. The number of alkyl halides is 3. The fourth-order valence-corrected chi connectivity index (χ4v) is 2.21. The average molecular weight is 310 g/mol. The van der Waals surface area contributed by atoms with Crippen molar-refractivity contribution in [3.05, 3.63) is 18.3 Å². The fourth-order valence-electron chi connectivity index (χ4n) is 1.65. The molecule has 8 heteroatoms. The molecule has 1 rings (SSSR count). The Morgan fingerprint density at radius 2 is 2.00 bits per heavy atom. The third-order valence-electron chi connectivity index (χ3n) is 2.63. The number of rotatable bonds is 6. The highest BCUT2D eigenvalue weighted by atomic mass is 32.2. The highest BCUT2D eigenvalue weighted by Gasteiger charge is 2.26. The van der Waals surface area contributed by atoms with Gasteiger partial charge in [0, 0.05) is 18.7 Å². The van der Waals surface area contributed by atoms with Crippen molar-refractivity contribution in [1.82, 2.24) is 4.98 Å². The monoisotopic (exact) mass is 310 g/mol. The fraction of sp³-hybridized carbons (Fsp3) is 0.583. The molecule has 0 aliphatic rings. The molecular weight excluding hydrogens is 293 g/mol. The summed E-state index contributed by atoms with van der Waals surface area (Å²) in [6.45, 7) is 1.76. The lowest BCUT2D eigenvalue weighted by atomic mass is 10.1. The first-order chi connectivity index (χ1) is 9.08. The molecule has 1 atom stereocenters. The zero-order valence-electron chi connectivity index (χ0n) is 11.2. The van der Waals surface area contributed by atoms with Crippen molar-refractivity contribution in [2.45, 2.75) is 43.4 Å². The van der Waals surface area contributed by atoms with Crippen LogP contribution in [0.15, 0.2) is 23.4 Å². The molecule has 0 radical (unpaired) electrons. The molecule has 0 saturated carbocycles. The molecule has 0 amide bonds. The largest absolute Gasteiger partial charge is 0.389 e. The van der Waals surface area contributed by atoms with Crippen molar-refractivity contribution in [3.63, 3.8) is 0 Å². The molecule has 4 nitrogen and oxygen atoms in total. The van der Waals surface area contributed by atoms with Gasteiger partial charge in [-0.25, -0.2) is 13.4 Å². The smallest absolute Gasteiger partial charge is 0.381 e. The van der Waals surface area contributed by atoms with E-state index in [2.05, 4.69) is 10.3 Å². The predicted octanol–water partition coefficient (Wildman–Crippen LogP) is 3.02. The Balaban J connectivity index is 2.48. The van der Waals surface area contributed by atoms with Crippen LogP contribution in [0.2, 0.25) is 0 Å². The van der Waals surface area contributed by atoms with Gasteiger partial charge in [-0.15, -0.1) is 0 Å². The van der Waals surface area contributed by atoms with E-state index >= 15 is 0 Å². The minimum absolute atomic E-state index is 0.0345. The molecule has 0 fully saturated rings. The summed E-state index contributed by atoms with van der Waals surface area (Å²) in [4.78, 5) is 3.79. The summed E-state index contributed by atoms with van der Waals surface area (Å²) in [6.07, 6.45) is -2.10. The lowest BCUT2D eigenvalue weighted by Gasteiger charge is -2.15. The van der Waals surface area contributed by atoms with Crippen molar-refractivity contribution in [1.29, 1.82) is 0 Å². The average Bonchev–Trinajstić information content (AvgIpc) is 2.26. The molecule has 0 aromatic carbocycles. The van der Waals surface area contributed by atoms with Gasteiger partial charge in [-0.2, -0.15) is 13.2 Å². The first-order valence-corrected chi connectivity index (χ1v) is 7.96. The first-order valence-electron chi connectivity index (χ1n) is 6.07. The van der Waals surface area contributed by atoms with E-state index in [-0.39, 0.29) is 17.5 Å². The molecule has 1 aromatic rings. The number of hydrogen-bond acceptors (Lipinski definition) is 4. The van der Waals surface area contributed by atoms with Crippen LogP contribution in [0.25, 0.3) is 0 Å². The Hall–Kier alpha value is -1.31. The van der Waals surface area contributed by atoms with Crippen LogP contribution in [0.3, 0.4) is 0 Å². The van der Waals surface area contributed by atoms with Gasteiger partial charge >= 0.3 is 6.18 Å². The molecule has 20 heavy (non-hydrogen) atoms. The van der Waals surface area contributed by atoms with Crippen molar-refractivity contribution in [2.75, 3.05) is 11.6 Å². The molecule has 1 aromatic heterocycles. The van der Waals surface area contributed by atoms with Crippen molar-refractivity contribution in [3.8, 4) is 0 Å². The molecule has 1 heterocycles. The van der Waals surface area contributed by atoms with Crippen LogP contribution >= 0.6 is 0 Å². The van der Waals surface area contributed by atoms with E-state index in [1.54, 1.807) is 13.0 Å². The highest BCUT2D eigenvalue weighted by Crippen LogP contribution is 2.23. The molecule has 0 aliphatic carbocycles. The molecule has 0 spiro atoms. The second kappa shape index (κ2) is 6.43. The quantitative estimate of drug-likeness (QED) is 0.877. The third-order valence-corrected chi connectivity index (χ3v) is 3.63. The summed E-state index contributed by atoms with van der Waals surface area (Å²) in [5.41, 5.74) is 0.580. The Morgan fingerprint density at radius 3 is 2.45 bits per heavy atom. The molecule has 1 unspecified atom stereocenters. The van der Waals surface area contributed by atoms with Gasteiger partial charge in [0.15, 0.2) is 14.9 Å². The molecule has 114 valence electrons. The topological polar surface area (TPSA) is 59.1 Å². The third kappa shape index (κ3) is 6.23. The zero-order chi connectivity index (χ0) is 15.4. The SMILES string of the molecule is CC(CCCC(F)(F)F)Nc1ccc(S(C)(=O)=O)nc1. The lowest BCUT2D eigenvalue weighted by molar-refractivity contribution is -0.135. The van der Waals surface area contributed by atoms with Crippen molar-refractivity contribution < 1.29 is 21.6 Å². The number of pyridine rings is 1. The van der Waals surface area contributed by atoms with Crippen molar-refractivity contribution >= 4 is 15.5 Å². The summed E-state index contributed by atoms with van der Waals surface area (Å²) in [6, 6.07) is 2.76. The van der Waals surface area contributed by atoms with Crippen LogP contribution in [-0.4, -0.2) is 31.9 Å². The number of halogens is 3. The molecular formula is C12H17F3N2O2S. The summed E-state index contributed by atoms with van der Waals surface area (Å²) < 4.78 is 58.4. The van der Waals surface area contributed by atoms with E-state index in [4.69, 9.17) is 0 Å². The minimum Gasteiger partial charge on any atom is -0.381 e. The van der Waals surface area contributed by atoms with Gasteiger partial charge in [-0.05, 0) is 31.9 Å². The van der Waals surface area contributed by atoms with Crippen LogP contribution in [0.5, 0.6) is 0 Å². The molecule has 0 bridgehead atoms. The minimum atomic E-state index is -4.13. The summed E-state index contributed by atoms with van der Waals surface area (Å²) in [5.74, 6) is 0. The summed E-state index contributed by atoms with van der Waals surface area (Å²) in [5, 5.41) is 2.95. The number of aromatic nitrogens is 1. The van der Waals surface area contributed by atoms with Gasteiger partial charge in [0.05, 0.1) is 11.9 Å². The Labute approximate surface area is 116 Å². The van der Waals surface area contributed by atoms with Crippen LogP contribution < -0.4 is 5.32 Å². The number of nitrogens with one attached hydrogen (secondary N) is 1. The maximum atomic E-state index is 12.0. The van der Waals surface area contributed by atoms with Crippen LogP contribution in [0.1, 0.15) is 26.2 Å². The second-order valence-corrected chi connectivity index (χ2v) is 6.67. The normalized spacial score (nSPS) is 14.1. The van der Waals surface area contributed by atoms with E-state index in [0.29, 0.717) is 12.1 Å². The zero-order valence-corrected chi connectivity index (χ0v) is 12.1. The summed E-state index contributed by atoms with van der Waals surface area (Å²) >= 11 is 0. The maximum absolute atomic E-state index is 12.0.